The predicted molar refractivity (Wildman–Crippen MR) is 70.9 cm³/mol. The first-order valence-electron chi connectivity index (χ1n) is 6.96. The Balaban J connectivity index is 1.78. The Morgan fingerprint density at radius 1 is 1.22 bits per heavy atom. The predicted octanol–water partition coefficient (Wildman–Crippen LogP) is 1.51. The van der Waals surface area contributed by atoms with Crippen molar-refractivity contribution < 1.29 is 13.2 Å². The standard InChI is InChI=1S/C13H23NO3S/c1-10-4-2-3-5-12(10)14-13(15)8-11-6-7-18(16,17)9-11/h10-12H,2-9H2,1H3,(H,14,15)/t10-,11+,12-/m1/s1. The van der Waals surface area contributed by atoms with Gasteiger partial charge in [-0.15, -0.1) is 0 Å². The van der Waals surface area contributed by atoms with E-state index in [-0.39, 0.29) is 23.3 Å². The summed E-state index contributed by atoms with van der Waals surface area (Å²) >= 11 is 0. The highest BCUT2D eigenvalue weighted by Crippen LogP contribution is 2.25. The second-order valence-electron chi connectivity index (χ2n) is 5.91. The van der Waals surface area contributed by atoms with Crippen molar-refractivity contribution in [1.82, 2.24) is 5.32 Å². The lowest BCUT2D eigenvalue weighted by molar-refractivity contribution is -0.123. The molecule has 0 unspecified atom stereocenters. The Hall–Kier alpha value is -0.580. The summed E-state index contributed by atoms with van der Waals surface area (Å²) in [5.41, 5.74) is 0. The van der Waals surface area contributed by atoms with E-state index >= 15 is 0 Å². The first-order valence-corrected chi connectivity index (χ1v) is 8.78. The van der Waals surface area contributed by atoms with E-state index in [0.29, 0.717) is 24.8 Å². The van der Waals surface area contributed by atoms with Crippen LogP contribution in [0, 0.1) is 11.8 Å². The maximum Gasteiger partial charge on any atom is 0.220 e. The molecule has 1 aliphatic carbocycles. The summed E-state index contributed by atoms with van der Waals surface area (Å²) in [6, 6.07) is 0.296. The first-order chi connectivity index (χ1) is 8.46. The van der Waals surface area contributed by atoms with Crippen molar-refractivity contribution in [3.8, 4) is 0 Å². The number of carbonyl (C=O) groups is 1. The van der Waals surface area contributed by atoms with Crippen LogP contribution in [0.1, 0.15) is 45.4 Å². The van der Waals surface area contributed by atoms with Gasteiger partial charge < -0.3 is 5.32 Å². The Bertz CT molecular complexity index is 404. The zero-order valence-electron chi connectivity index (χ0n) is 11.0. The normalized spacial score (nSPS) is 35.3. The molecular formula is C13H23NO3S. The van der Waals surface area contributed by atoms with Gasteiger partial charge in [0.1, 0.15) is 0 Å². The second kappa shape index (κ2) is 5.59. The molecule has 1 aliphatic heterocycles. The molecule has 18 heavy (non-hydrogen) atoms. The fourth-order valence-corrected chi connectivity index (χ4v) is 4.95. The summed E-state index contributed by atoms with van der Waals surface area (Å²) < 4.78 is 22.7. The lowest BCUT2D eigenvalue weighted by Crippen LogP contribution is -2.41. The lowest BCUT2D eigenvalue weighted by atomic mass is 9.86. The molecule has 3 atom stereocenters. The summed E-state index contributed by atoms with van der Waals surface area (Å²) in [6.45, 7) is 2.18. The fourth-order valence-electron chi connectivity index (χ4n) is 3.09. The molecule has 104 valence electrons. The minimum absolute atomic E-state index is 0.0360. The van der Waals surface area contributed by atoms with Crippen molar-refractivity contribution in [2.45, 2.75) is 51.5 Å². The van der Waals surface area contributed by atoms with Gasteiger partial charge in [-0.2, -0.15) is 0 Å². The molecule has 0 aromatic rings. The minimum Gasteiger partial charge on any atom is -0.353 e. The zero-order valence-corrected chi connectivity index (χ0v) is 11.8. The van der Waals surface area contributed by atoms with Crippen LogP contribution in [-0.2, 0) is 14.6 Å². The van der Waals surface area contributed by atoms with E-state index in [4.69, 9.17) is 0 Å². The maximum atomic E-state index is 11.9. The van der Waals surface area contributed by atoms with Crippen molar-refractivity contribution in [3.05, 3.63) is 0 Å². The molecule has 0 aromatic carbocycles. The zero-order chi connectivity index (χ0) is 13.2. The van der Waals surface area contributed by atoms with Crippen LogP contribution >= 0.6 is 0 Å². The molecule has 1 N–H and O–H groups in total. The second-order valence-corrected chi connectivity index (χ2v) is 8.14. The van der Waals surface area contributed by atoms with E-state index in [9.17, 15) is 13.2 Å². The number of hydrogen-bond acceptors (Lipinski definition) is 3. The number of nitrogens with one attached hydrogen (secondary N) is 1. The summed E-state index contributed by atoms with van der Waals surface area (Å²) in [4.78, 5) is 11.9. The van der Waals surface area contributed by atoms with Crippen LogP contribution in [0.3, 0.4) is 0 Å². The minimum atomic E-state index is -2.86. The molecular weight excluding hydrogens is 250 g/mol. The average Bonchev–Trinajstić information content (AvgIpc) is 2.61. The molecule has 0 aromatic heterocycles. The molecule has 0 bridgehead atoms. The van der Waals surface area contributed by atoms with Crippen molar-refractivity contribution in [2.24, 2.45) is 11.8 Å². The summed E-state index contributed by atoms with van der Waals surface area (Å²) in [6.07, 6.45) is 5.72. The molecule has 5 heteroatoms. The molecule has 0 radical (unpaired) electrons. The lowest BCUT2D eigenvalue weighted by Gasteiger charge is -2.29. The van der Waals surface area contributed by atoms with E-state index < -0.39 is 9.84 Å². The van der Waals surface area contributed by atoms with Crippen LogP contribution in [0.2, 0.25) is 0 Å². The van der Waals surface area contributed by atoms with Gasteiger partial charge in [-0.25, -0.2) is 8.42 Å². The Morgan fingerprint density at radius 2 is 1.94 bits per heavy atom. The molecule has 1 heterocycles. The van der Waals surface area contributed by atoms with Crippen molar-refractivity contribution in [1.29, 1.82) is 0 Å². The SMILES string of the molecule is C[C@@H]1CCCC[C@H]1NC(=O)C[C@@H]1CCS(=O)(=O)C1. The van der Waals surface area contributed by atoms with Crippen molar-refractivity contribution >= 4 is 15.7 Å². The largest absolute Gasteiger partial charge is 0.353 e. The molecule has 4 nitrogen and oxygen atoms in total. The van der Waals surface area contributed by atoms with Crippen LogP contribution in [0.15, 0.2) is 0 Å². The topological polar surface area (TPSA) is 63.2 Å². The molecule has 1 saturated carbocycles. The van der Waals surface area contributed by atoms with Gasteiger partial charge in [0.25, 0.3) is 0 Å². The highest BCUT2D eigenvalue weighted by molar-refractivity contribution is 7.91. The average molecular weight is 273 g/mol. The van der Waals surface area contributed by atoms with E-state index in [1.165, 1.54) is 19.3 Å². The van der Waals surface area contributed by atoms with E-state index in [2.05, 4.69) is 12.2 Å². The third-order valence-electron chi connectivity index (χ3n) is 4.26. The van der Waals surface area contributed by atoms with Crippen molar-refractivity contribution in [3.63, 3.8) is 0 Å². The molecule has 1 amide bonds. The van der Waals surface area contributed by atoms with Gasteiger partial charge in [-0.1, -0.05) is 19.8 Å². The van der Waals surface area contributed by atoms with Crippen LogP contribution < -0.4 is 5.32 Å². The van der Waals surface area contributed by atoms with Gasteiger partial charge in [-0.3, -0.25) is 4.79 Å². The van der Waals surface area contributed by atoms with Crippen LogP contribution in [0.5, 0.6) is 0 Å². The Labute approximate surface area is 109 Å². The van der Waals surface area contributed by atoms with Gasteiger partial charge in [0.15, 0.2) is 9.84 Å². The van der Waals surface area contributed by atoms with Crippen LogP contribution in [0.4, 0.5) is 0 Å². The summed E-state index contributed by atoms with van der Waals surface area (Å²) in [5.74, 6) is 1.07. The van der Waals surface area contributed by atoms with E-state index in [1.54, 1.807) is 0 Å². The third kappa shape index (κ3) is 3.70. The number of amides is 1. The Morgan fingerprint density at radius 3 is 2.56 bits per heavy atom. The summed E-state index contributed by atoms with van der Waals surface area (Å²) in [5, 5.41) is 3.09. The summed E-state index contributed by atoms with van der Waals surface area (Å²) in [7, 11) is -2.86. The monoisotopic (exact) mass is 273 g/mol. The third-order valence-corrected chi connectivity index (χ3v) is 6.10. The quantitative estimate of drug-likeness (QED) is 0.847. The molecule has 2 aliphatic rings. The number of hydrogen-bond donors (Lipinski definition) is 1. The smallest absolute Gasteiger partial charge is 0.220 e. The first kappa shape index (κ1) is 13.8. The van der Waals surface area contributed by atoms with Gasteiger partial charge in [0.2, 0.25) is 5.91 Å². The fraction of sp³-hybridized carbons (Fsp3) is 0.923. The maximum absolute atomic E-state index is 11.9. The highest BCUT2D eigenvalue weighted by Gasteiger charge is 2.30. The molecule has 2 rings (SSSR count). The van der Waals surface area contributed by atoms with Gasteiger partial charge in [-0.05, 0) is 31.1 Å². The highest BCUT2D eigenvalue weighted by atomic mass is 32.2. The molecule has 1 saturated heterocycles. The van der Waals surface area contributed by atoms with E-state index in [0.717, 1.165) is 6.42 Å². The van der Waals surface area contributed by atoms with Gasteiger partial charge >= 0.3 is 0 Å². The molecule has 0 spiro atoms. The van der Waals surface area contributed by atoms with Gasteiger partial charge in [0.05, 0.1) is 11.5 Å². The Kier molecular flexibility index (Phi) is 4.30. The van der Waals surface area contributed by atoms with Gasteiger partial charge in [0, 0.05) is 12.5 Å². The van der Waals surface area contributed by atoms with E-state index in [1.807, 2.05) is 0 Å². The van der Waals surface area contributed by atoms with Crippen molar-refractivity contribution in [2.75, 3.05) is 11.5 Å². The van der Waals surface area contributed by atoms with Crippen LogP contribution in [0.25, 0.3) is 0 Å². The number of carbonyl (C=O) groups excluding carboxylic acids is 1. The van der Waals surface area contributed by atoms with Crippen LogP contribution in [-0.4, -0.2) is 31.9 Å². The number of sulfone groups is 1. The molecule has 2 fully saturated rings. The number of rotatable bonds is 3.